The molecule has 0 aliphatic rings. The monoisotopic (exact) mass is 276 g/mol. The maximum atomic E-state index is 5.87. The molecule has 0 rings (SSSR count). The number of hydrogen-bond donors (Lipinski definition) is 1. The van der Waals surface area contributed by atoms with Crippen molar-refractivity contribution in [3.63, 3.8) is 0 Å². The zero-order valence-electron chi connectivity index (χ0n) is 13.0. The molecule has 0 fully saturated rings. The molecule has 3 nitrogen and oxygen atoms in total. The first-order valence-electron chi connectivity index (χ1n) is 6.82. The van der Waals surface area contributed by atoms with Crippen molar-refractivity contribution in [2.45, 2.75) is 41.0 Å². The molecule has 0 aromatic heterocycles. The third-order valence-corrected chi connectivity index (χ3v) is 2.88. The Balaban J connectivity index is 0. The number of rotatable bonds is 7. The van der Waals surface area contributed by atoms with E-state index in [0.717, 1.165) is 36.1 Å². The lowest BCUT2D eigenvalue weighted by molar-refractivity contribution is -0.902. The minimum absolute atomic E-state index is 0.637. The fraction of sp³-hybridized carbons (Fsp3) is 0.786. The minimum atomic E-state index is 0.637. The van der Waals surface area contributed by atoms with Gasteiger partial charge in [0.05, 0.1) is 26.0 Å². The smallest absolute Gasteiger partial charge is 0.127 e. The molecule has 0 saturated heterocycles. The number of halogens is 1. The van der Waals surface area contributed by atoms with E-state index in [0.29, 0.717) is 11.7 Å². The predicted octanol–water partition coefficient (Wildman–Crippen LogP) is 3.39. The topological polar surface area (TPSA) is 38.4 Å². The zero-order valence-corrected chi connectivity index (χ0v) is 13.7. The first-order chi connectivity index (χ1) is 8.49. The van der Waals surface area contributed by atoms with Gasteiger partial charge in [0.15, 0.2) is 0 Å². The van der Waals surface area contributed by atoms with Crippen LogP contribution in [0.2, 0.25) is 0 Å². The second kappa shape index (κ2) is 11.5. The zero-order chi connectivity index (χ0) is 14.6. The van der Waals surface area contributed by atoms with Gasteiger partial charge in [-0.15, -0.1) is 11.6 Å². The molecule has 1 unspecified atom stereocenters. The van der Waals surface area contributed by atoms with Crippen LogP contribution >= 0.6 is 11.6 Å². The first-order valence-corrected chi connectivity index (χ1v) is 7.36. The molecule has 4 heteroatoms. The third kappa shape index (κ3) is 8.54. The predicted molar refractivity (Wildman–Crippen MR) is 84.2 cm³/mol. The lowest BCUT2D eigenvalue weighted by Gasteiger charge is -2.34. The fourth-order valence-electron chi connectivity index (χ4n) is 1.92. The van der Waals surface area contributed by atoms with Gasteiger partial charge in [-0.3, -0.25) is 0 Å². The van der Waals surface area contributed by atoms with Crippen molar-refractivity contribution in [2.24, 2.45) is 10.7 Å². The van der Waals surface area contributed by atoms with E-state index >= 15 is 0 Å². The number of aliphatic imine (C=N–C) groups is 1. The quantitative estimate of drug-likeness (QED) is 0.432. The molecule has 0 radical (unpaired) electrons. The molecular formula is C14H31ClN3+. The van der Waals surface area contributed by atoms with Gasteiger partial charge >= 0.3 is 0 Å². The summed E-state index contributed by atoms with van der Waals surface area (Å²) in [7, 11) is 2.22. The van der Waals surface area contributed by atoms with Crippen LogP contribution in [0.25, 0.3) is 0 Å². The Bertz CT molecular complexity index is 254. The van der Waals surface area contributed by atoms with Crippen LogP contribution < -0.4 is 5.73 Å². The van der Waals surface area contributed by atoms with Gasteiger partial charge in [0.1, 0.15) is 12.4 Å². The number of hydrogen-bond acceptors (Lipinski definition) is 2. The third-order valence-electron chi connectivity index (χ3n) is 2.71. The van der Waals surface area contributed by atoms with Gasteiger partial charge < -0.3 is 10.2 Å². The second-order valence-electron chi connectivity index (χ2n) is 4.47. The molecule has 2 N–H and O–H groups in total. The molecule has 0 amide bonds. The molecule has 0 saturated carbocycles. The molecule has 0 aromatic rings. The van der Waals surface area contributed by atoms with Gasteiger partial charge in [0, 0.05) is 11.8 Å². The van der Waals surface area contributed by atoms with Crippen molar-refractivity contribution in [3.8, 4) is 0 Å². The molecular weight excluding hydrogens is 246 g/mol. The van der Waals surface area contributed by atoms with Crippen molar-refractivity contribution in [3.05, 3.63) is 11.4 Å². The van der Waals surface area contributed by atoms with E-state index in [9.17, 15) is 0 Å². The highest BCUT2D eigenvalue weighted by atomic mass is 35.5. The molecule has 1 atom stereocenters. The Morgan fingerprint density at radius 1 is 1.33 bits per heavy atom. The molecule has 0 aliphatic carbocycles. The van der Waals surface area contributed by atoms with E-state index in [1.54, 1.807) is 6.21 Å². The Morgan fingerprint density at radius 2 is 1.89 bits per heavy atom. The number of likely N-dealkylation sites (N-methyl/N-ethyl adjacent to an activating group) is 1. The van der Waals surface area contributed by atoms with Crippen LogP contribution in [-0.4, -0.2) is 43.3 Å². The Hall–Kier alpha value is -0.540. The van der Waals surface area contributed by atoms with Gasteiger partial charge in [0.25, 0.3) is 0 Å². The van der Waals surface area contributed by atoms with Crippen LogP contribution in [0.4, 0.5) is 0 Å². The largest absolute Gasteiger partial charge is 0.384 e. The summed E-state index contributed by atoms with van der Waals surface area (Å²) in [5.74, 6) is 1.32. The van der Waals surface area contributed by atoms with E-state index in [4.69, 9.17) is 17.3 Å². The van der Waals surface area contributed by atoms with E-state index < -0.39 is 0 Å². The molecule has 18 heavy (non-hydrogen) atoms. The van der Waals surface area contributed by atoms with Crippen LogP contribution in [0.3, 0.4) is 0 Å². The fourth-order valence-corrected chi connectivity index (χ4v) is 2.32. The highest BCUT2D eigenvalue weighted by Crippen LogP contribution is 2.11. The Labute approximate surface area is 118 Å². The molecule has 0 spiro atoms. The summed E-state index contributed by atoms with van der Waals surface area (Å²) >= 11 is 5.85. The molecule has 108 valence electrons. The van der Waals surface area contributed by atoms with Gasteiger partial charge in [-0.1, -0.05) is 20.8 Å². The van der Waals surface area contributed by atoms with Gasteiger partial charge in [0.2, 0.25) is 0 Å². The van der Waals surface area contributed by atoms with Gasteiger partial charge in [-0.2, -0.15) is 0 Å². The summed E-state index contributed by atoms with van der Waals surface area (Å²) in [4.78, 5) is 4.12. The maximum Gasteiger partial charge on any atom is 0.127 e. The van der Waals surface area contributed by atoms with E-state index in [-0.39, 0.29) is 0 Å². The lowest BCUT2D eigenvalue weighted by atomic mass is 10.2. The van der Waals surface area contributed by atoms with Crippen LogP contribution in [0.15, 0.2) is 16.4 Å². The van der Waals surface area contributed by atoms with Crippen LogP contribution in [-0.2, 0) is 0 Å². The molecule has 0 aliphatic heterocycles. The van der Waals surface area contributed by atoms with Crippen LogP contribution in [0.1, 0.15) is 41.0 Å². The molecule has 0 heterocycles. The van der Waals surface area contributed by atoms with Crippen LogP contribution in [0, 0.1) is 0 Å². The van der Waals surface area contributed by atoms with Crippen molar-refractivity contribution in [1.29, 1.82) is 0 Å². The van der Waals surface area contributed by atoms with Crippen molar-refractivity contribution < 1.29 is 4.48 Å². The second-order valence-corrected chi connectivity index (χ2v) is 4.84. The summed E-state index contributed by atoms with van der Waals surface area (Å²) in [5, 5.41) is 0. The normalized spacial score (nSPS) is 15.7. The number of quaternary nitrogens is 1. The highest BCUT2D eigenvalue weighted by Gasteiger charge is 2.21. The first kappa shape index (κ1) is 19.8. The van der Waals surface area contributed by atoms with Gasteiger partial charge in [-0.25, -0.2) is 4.99 Å². The molecule has 0 bridgehead atoms. The summed E-state index contributed by atoms with van der Waals surface area (Å²) < 4.78 is 0.936. The number of alkyl halides is 1. The molecule has 0 aromatic carbocycles. The van der Waals surface area contributed by atoms with Crippen molar-refractivity contribution in [1.82, 2.24) is 0 Å². The van der Waals surface area contributed by atoms with E-state index in [1.165, 1.54) is 0 Å². The standard InChI is InChI=1S/C12H25ClN3.C2H6/c1-5-8-16(4,9-7-13)10-11(3)12(14)15-6-2;1-2/h6H,5,7-10,14H2,1-4H3;1-2H3/q+1;/b12-11+,15-6-;. The lowest BCUT2D eigenvalue weighted by Crippen LogP contribution is -2.47. The summed E-state index contributed by atoms with van der Waals surface area (Å²) in [5.41, 5.74) is 7.00. The summed E-state index contributed by atoms with van der Waals surface area (Å²) in [6.07, 6.45) is 2.88. The average Bonchev–Trinajstić information content (AvgIpc) is 2.32. The Morgan fingerprint density at radius 3 is 2.28 bits per heavy atom. The SMILES string of the molecule is C/C=N\C(N)=C(/C)C[N+](C)(CCC)CCCl.CC. The highest BCUT2D eigenvalue weighted by molar-refractivity contribution is 6.17. The number of nitrogens with zero attached hydrogens (tertiary/aromatic N) is 2. The van der Waals surface area contributed by atoms with Crippen molar-refractivity contribution in [2.75, 3.05) is 32.6 Å². The minimum Gasteiger partial charge on any atom is -0.384 e. The average molecular weight is 277 g/mol. The summed E-state index contributed by atoms with van der Waals surface area (Å²) in [6.45, 7) is 13.1. The van der Waals surface area contributed by atoms with Crippen molar-refractivity contribution >= 4 is 17.8 Å². The Kier molecular flexibility index (Phi) is 12.7. The number of nitrogens with two attached hydrogens (primary N) is 1. The van der Waals surface area contributed by atoms with Crippen LogP contribution in [0.5, 0.6) is 0 Å². The van der Waals surface area contributed by atoms with E-state index in [1.807, 2.05) is 27.7 Å². The van der Waals surface area contributed by atoms with Gasteiger partial charge in [-0.05, 0) is 20.3 Å². The summed E-state index contributed by atoms with van der Waals surface area (Å²) in [6, 6.07) is 0. The maximum absolute atomic E-state index is 5.87. The van der Waals surface area contributed by atoms with E-state index in [2.05, 4.69) is 19.0 Å².